The summed E-state index contributed by atoms with van der Waals surface area (Å²) >= 11 is 0. The lowest BCUT2D eigenvalue weighted by atomic mass is 10.2. The van der Waals surface area contributed by atoms with Crippen LogP contribution in [0.3, 0.4) is 0 Å². The Morgan fingerprint density at radius 1 is 0.706 bits per heavy atom. The molecule has 0 amide bonds. The SMILES string of the molecule is NC(N)=NCCC[C@H](N)C(=O)O.NCC(=O)O.N[C@@H](CCC(=O)O)C(=O)O.N[C@@H](CO)C(=O)O. The zero-order valence-electron chi connectivity index (χ0n) is 18.3. The monoisotopic (exact) mass is 501 g/mol. The Labute approximate surface area is 194 Å². The van der Waals surface area contributed by atoms with Gasteiger partial charge in [0.2, 0.25) is 0 Å². The summed E-state index contributed by atoms with van der Waals surface area (Å²) in [5, 5.41) is 48.1. The van der Waals surface area contributed by atoms with Gasteiger partial charge in [-0.2, -0.15) is 0 Å². The number of rotatable bonds is 12. The fourth-order valence-electron chi connectivity index (χ4n) is 1.12. The molecule has 0 bridgehead atoms. The van der Waals surface area contributed by atoms with Gasteiger partial charge in [0.25, 0.3) is 0 Å². The summed E-state index contributed by atoms with van der Waals surface area (Å²) in [6, 6.07) is -3.00. The molecule has 0 radical (unpaired) electrons. The number of aliphatic hydroxyl groups is 1. The van der Waals surface area contributed by atoms with Gasteiger partial charge in [-0.15, -0.1) is 0 Å². The second-order valence-corrected chi connectivity index (χ2v) is 6.00. The molecule has 0 aromatic carbocycles. The third kappa shape index (κ3) is 35.8. The zero-order valence-corrected chi connectivity index (χ0v) is 18.3. The van der Waals surface area contributed by atoms with Gasteiger partial charge in [-0.3, -0.25) is 29.0 Å². The van der Waals surface area contributed by atoms with E-state index in [1.54, 1.807) is 0 Å². The molecule has 0 fully saturated rings. The molecule has 18 heteroatoms. The molecule has 34 heavy (non-hydrogen) atoms. The number of nitrogens with two attached hydrogens (primary N) is 6. The Balaban J connectivity index is -0.000000185. The Morgan fingerprint density at radius 2 is 1.09 bits per heavy atom. The van der Waals surface area contributed by atoms with E-state index in [1.807, 2.05) is 0 Å². The van der Waals surface area contributed by atoms with Crippen LogP contribution in [0.5, 0.6) is 0 Å². The summed E-state index contributed by atoms with van der Waals surface area (Å²) in [4.78, 5) is 52.7. The second-order valence-electron chi connectivity index (χ2n) is 6.00. The molecule has 18 N–H and O–H groups in total. The molecule has 0 saturated carbocycles. The van der Waals surface area contributed by atoms with Crippen molar-refractivity contribution in [2.75, 3.05) is 19.7 Å². The van der Waals surface area contributed by atoms with E-state index >= 15 is 0 Å². The van der Waals surface area contributed by atoms with Gasteiger partial charge in [0.15, 0.2) is 5.96 Å². The minimum atomic E-state index is -1.18. The topological polar surface area (TPSA) is 375 Å². The first-order chi connectivity index (χ1) is 15.5. The minimum Gasteiger partial charge on any atom is -0.481 e. The van der Waals surface area contributed by atoms with Crippen molar-refractivity contribution in [2.24, 2.45) is 39.4 Å². The van der Waals surface area contributed by atoms with E-state index in [9.17, 15) is 24.0 Å². The summed E-state index contributed by atoms with van der Waals surface area (Å²) in [5.74, 6) is -5.33. The standard InChI is InChI=1S/C6H14N4O2.C5H9NO4.C3H7NO3.C2H5NO2/c7-4(5(11)12)2-1-3-10-6(8)9;6-3(5(9)10)1-2-4(7)8;4-2(1-5)3(6)7;3-1-2(4)5/h4H,1-3,7H2,(H,11,12)(H4,8,9,10);3H,1-2,6H2,(H,7,8)(H,9,10);2,5H,1,4H2,(H,6,7);1,3H2,(H,4,5)/t4-;3-;2-;/m000./s1. The molecule has 0 aromatic heterocycles. The molecule has 0 aliphatic heterocycles. The predicted octanol–water partition coefficient (Wildman–Crippen LogP) is -4.86. The van der Waals surface area contributed by atoms with E-state index in [4.69, 9.17) is 59.3 Å². The summed E-state index contributed by atoms with van der Waals surface area (Å²) in [6.45, 7) is -0.362. The van der Waals surface area contributed by atoms with Gasteiger partial charge in [-0.25, -0.2) is 0 Å². The molecule has 18 nitrogen and oxygen atoms in total. The van der Waals surface area contributed by atoms with Crippen LogP contribution < -0.4 is 34.4 Å². The van der Waals surface area contributed by atoms with Gasteiger partial charge in [-0.05, 0) is 19.3 Å². The van der Waals surface area contributed by atoms with Crippen molar-refractivity contribution in [1.29, 1.82) is 0 Å². The number of carboxylic acids is 5. The van der Waals surface area contributed by atoms with Crippen LogP contribution in [0.4, 0.5) is 0 Å². The highest BCUT2D eigenvalue weighted by Gasteiger charge is 2.12. The average Bonchev–Trinajstić information content (AvgIpc) is 2.74. The van der Waals surface area contributed by atoms with E-state index in [1.165, 1.54) is 0 Å². The molecular weight excluding hydrogens is 466 g/mol. The first-order valence-electron chi connectivity index (χ1n) is 9.28. The molecule has 3 atom stereocenters. The van der Waals surface area contributed by atoms with Gasteiger partial charge in [0, 0.05) is 13.0 Å². The van der Waals surface area contributed by atoms with E-state index in [0.717, 1.165) is 0 Å². The number of aliphatic imine (C=N–C) groups is 1. The molecule has 0 aromatic rings. The van der Waals surface area contributed by atoms with Gasteiger partial charge < -0.3 is 65.0 Å². The van der Waals surface area contributed by atoms with Crippen molar-refractivity contribution in [3.05, 3.63) is 0 Å². The van der Waals surface area contributed by atoms with Crippen molar-refractivity contribution < 1.29 is 54.6 Å². The number of hydrogen-bond donors (Lipinski definition) is 12. The summed E-state index contributed by atoms with van der Waals surface area (Å²) in [5.41, 5.74) is 29.7. The highest BCUT2D eigenvalue weighted by atomic mass is 16.4. The van der Waals surface area contributed by atoms with Gasteiger partial charge >= 0.3 is 29.8 Å². The highest BCUT2D eigenvalue weighted by Crippen LogP contribution is 1.94. The van der Waals surface area contributed by atoms with Gasteiger partial charge in [0.1, 0.15) is 18.1 Å². The maximum Gasteiger partial charge on any atom is 0.322 e. The van der Waals surface area contributed by atoms with Crippen LogP contribution in [0, 0.1) is 0 Å². The lowest BCUT2D eigenvalue weighted by Gasteiger charge is -2.03. The van der Waals surface area contributed by atoms with Gasteiger partial charge in [-0.1, -0.05) is 0 Å². The van der Waals surface area contributed by atoms with E-state index in [0.29, 0.717) is 19.4 Å². The van der Waals surface area contributed by atoms with Crippen LogP contribution in [0.15, 0.2) is 4.99 Å². The smallest absolute Gasteiger partial charge is 0.322 e. The summed E-state index contributed by atoms with van der Waals surface area (Å²) in [6.07, 6.45) is 0.732. The number of guanidine groups is 1. The number of aliphatic carboxylic acids is 5. The number of carbonyl (C=O) groups is 5. The van der Waals surface area contributed by atoms with Crippen LogP contribution in [0.25, 0.3) is 0 Å². The predicted molar refractivity (Wildman–Crippen MR) is 117 cm³/mol. The molecule has 0 saturated heterocycles. The Morgan fingerprint density at radius 3 is 1.32 bits per heavy atom. The number of hydrogen-bond acceptors (Lipinski definition) is 11. The normalized spacial score (nSPS) is 11.8. The Hall–Kier alpha value is -3.58. The van der Waals surface area contributed by atoms with Crippen LogP contribution in [-0.2, 0) is 24.0 Å². The molecule has 0 unspecified atom stereocenters. The Kier molecular flexibility index (Phi) is 26.7. The molecule has 0 heterocycles. The van der Waals surface area contributed by atoms with Crippen LogP contribution in [0.1, 0.15) is 25.7 Å². The molecule has 200 valence electrons. The third-order valence-electron chi connectivity index (χ3n) is 2.96. The van der Waals surface area contributed by atoms with Crippen molar-refractivity contribution in [2.45, 2.75) is 43.8 Å². The van der Waals surface area contributed by atoms with Crippen LogP contribution in [0.2, 0.25) is 0 Å². The number of nitrogens with zero attached hydrogens (tertiary/aromatic N) is 1. The van der Waals surface area contributed by atoms with E-state index < -0.39 is 54.6 Å². The van der Waals surface area contributed by atoms with Crippen LogP contribution in [-0.4, -0.2) is 104 Å². The maximum atomic E-state index is 10.2. The fraction of sp³-hybridized carbons (Fsp3) is 0.625. The summed E-state index contributed by atoms with van der Waals surface area (Å²) in [7, 11) is 0. The lowest BCUT2D eigenvalue weighted by molar-refractivity contribution is -0.141. The van der Waals surface area contributed by atoms with E-state index in [-0.39, 0.29) is 25.3 Å². The van der Waals surface area contributed by atoms with Crippen molar-refractivity contribution in [1.82, 2.24) is 0 Å². The third-order valence-corrected chi connectivity index (χ3v) is 2.96. The zero-order chi connectivity index (χ0) is 27.9. The lowest BCUT2D eigenvalue weighted by Crippen LogP contribution is -2.33. The van der Waals surface area contributed by atoms with Crippen LogP contribution >= 0.6 is 0 Å². The largest absolute Gasteiger partial charge is 0.481 e. The number of aliphatic hydroxyl groups excluding tert-OH is 1. The number of carboxylic acid groups (broad SMARTS) is 5. The Bertz CT molecular complexity index is 643. The summed E-state index contributed by atoms with van der Waals surface area (Å²) < 4.78 is 0. The quantitative estimate of drug-likeness (QED) is 0.0676. The molecule has 0 aliphatic carbocycles. The highest BCUT2D eigenvalue weighted by molar-refractivity contribution is 5.76. The first kappa shape index (κ1) is 37.7. The first-order valence-corrected chi connectivity index (χ1v) is 9.28. The average molecular weight is 501 g/mol. The second kappa shape index (κ2) is 24.1. The fourth-order valence-corrected chi connectivity index (χ4v) is 1.12. The molecular formula is C16H35N7O11. The van der Waals surface area contributed by atoms with E-state index in [2.05, 4.69) is 10.7 Å². The molecule has 0 rings (SSSR count). The van der Waals surface area contributed by atoms with Gasteiger partial charge in [0.05, 0.1) is 13.2 Å². The molecule has 0 aliphatic rings. The maximum absolute atomic E-state index is 10.2. The van der Waals surface area contributed by atoms with Crippen molar-refractivity contribution >= 4 is 35.8 Å². The minimum absolute atomic E-state index is 0.0129. The molecule has 0 spiro atoms. The van der Waals surface area contributed by atoms with Crippen molar-refractivity contribution in [3.63, 3.8) is 0 Å². The van der Waals surface area contributed by atoms with Crippen molar-refractivity contribution in [3.8, 4) is 0 Å².